The number of nitrogens with two attached hydrogens (primary N) is 1. The fourth-order valence-corrected chi connectivity index (χ4v) is 1.69. The molecule has 0 spiro atoms. The average Bonchev–Trinajstić information content (AvgIpc) is 2.23. The second kappa shape index (κ2) is 4.21. The van der Waals surface area contributed by atoms with Crippen LogP contribution in [0.5, 0.6) is 5.75 Å². The van der Waals surface area contributed by atoms with Gasteiger partial charge in [0, 0.05) is 5.56 Å². The molecule has 0 saturated heterocycles. The third kappa shape index (κ3) is 1.88. The Morgan fingerprint density at radius 1 is 1.33 bits per heavy atom. The van der Waals surface area contributed by atoms with E-state index in [-0.39, 0.29) is 5.84 Å². The zero-order valence-electron chi connectivity index (χ0n) is 9.46. The van der Waals surface area contributed by atoms with E-state index in [0.29, 0.717) is 0 Å². The number of rotatable bonds is 2. The monoisotopic (exact) mass is 208 g/mol. The van der Waals surface area contributed by atoms with Gasteiger partial charge in [-0.3, -0.25) is 0 Å². The van der Waals surface area contributed by atoms with Crippen molar-refractivity contribution in [2.24, 2.45) is 10.9 Å². The van der Waals surface area contributed by atoms with Crippen LogP contribution in [-0.2, 0) is 0 Å². The fourth-order valence-electron chi connectivity index (χ4n) is 1.69. The molecule has 1 rings (SSSR count). The first kappa shape index (κ1) is 11.4. The predicted molar refractivity (Wildman–Crippen MR) is 59.7 cm³/mol. The molecule has 0 fully saturated rings. The molecule has 0 bridgehead atoms. The van der Waals surface area contributed by atoms with E-state index in [1.807, 2.05) is 26.8 Å². The van der Waals surface area contributed by atoms with Gasteiger partial charge in [0.1, 0.15) is 5.75 Å². The first-order valence-electron chi connectivity index (χ1n) is 4.65. The zero-order valence-corrected chi connectivity index (χ0v) is 9.46. The highest BCUT2D eigenvalue weighted by molar-refractivity contribution is 5.99. The number of benzene rings is 1. The lowest BCUT2D eigenvalue weighted by Gasteiger charge is -2.14. The Kier molecular flexibility index (Phi) is 3.19. The van der Waals surface area contributed by atoms with Gasteiger partial charge in [-0.25, -0.2) is 0 Å². The number of aryl methyl sites for hydroxylation is 1. The molecule has 0 atom stereocenters. The molecule has 0 aromatic heterocycles. The largest absolute Gasteiger partial charge is 0.496 e. The van der Waals surface area contributed by atoms with E-state index in [2.05, 4.69) is 5.16 Å². The summed E-state index contributed by atoms with van der Waals surface area (Å²) in [5.74, 6) is 0.975. The summed E-state index contributed by atoms with van der Waals surface area (Å²) < 4.78 is 5.28. The van der Waals surface area contributed by atoms with Crippen molar-refractivity contribution in [3.63, 3.8) is 0 Å². The second-order valence-corrected chi connectivity index (χ2v) is 3.51. The van der Waals surface area contributed by atoms with Crippen molar-refractivity contribution in [3.05, 3.63) is 28.3 Å². The minimum atomic E-state index is 0.126. The standard InChI is InChI=1S/C11H16N2O2/c1-6-5-9(11(12)13-14)7(2)8(3)10(6)15-4/h5,14H,1-4H3,(H2,12,13). The molecule has 0 radical (unpaired) electrons. The van der Waals surface area contributed by atoms with Crippen LogP contribution >= 0.6 is 0 Å². The van der Waals surface area contributed by atoms with Gasteiger partial charge < -0.3 is 15.7 Å². The number of methoxy groups -OCH3 is 1. The van der Waals surface area contributed by atoms with Gasteiger partial charge >= 0.3 is 0 Å². The van der Waals surface area contributed by atoms with Gasteiger partial charge in [-0.1, -0.05) is 5.16 Å². The van der Waals surface area contributed by atoms with Gasteiger partial charge in [-0.15, -0.1) is 0 Å². The molecule has 0 saturated carbocycles. The third-order valence-electron chi connectivity index (χ3n) is 2.61. The first-order chi connectivity index (χ1) is 7.02. The molecule has 3 N–H and O–H groups in total. The van der Waals surface area contributed by atoms with Crippen molar-refractivity contribution >= 4 is 5.84 Å². The predicted octanol–water partition coefficient (Wildman–Crippen LogP) is 1.71. The smallest absolute Gasteiger partial charge is 0.170 e. The highest BCUT2D eigenvalue weighted by Crippen LogP contribution is 2.28. The highest BCUT2D eigenvalue weighted by Gasteiger charge is 2.12. The lowest BCUT2D eigenvalue weighted by molar-refractivity contribution is 0.318. The van der Waals surface area contributed by atoms with Crippen molar-refractivity contribution in [2.75, 3.05) is 7.11 Å². The van der Waals surface area contributed by atoms with Crippen LogP contribution in [0, 0.1) is 20.8 Å². The lowest BCUT2D eigenvalue weighted by atomic mass is 9.98. The molecular formula is C11H16N2O2. The van der Waals surface area contributed by atoms with Crippen molar-refractivity contribution < 1.29 is 9.94 Å². The summed E-state index contributed by atoms with van der Waals surface area (Å²) in [5.41, 5.74) is 9.28. The van der Waals surface area contributed by atoms with Crippen LogP contribution in [0.1, 0.15) is 22.3 Å². The summed E-state index contributed by atoms with van der Waals surface area (Å²) in [5, 5.41) is 11.7. The summed E-state index contributed by atoms with van der Waals surface area (Å²) in [4.78, 5) is 0. The molecule has 0 amide bonds. The van der Waals surface area contributed by atoms with Crippen molar-refractivity contribution in [1.29, 1.82) is 0 Å². The van der Waals surface area contributed by atoms with Gasteiger partial charge in [-0.05, 0) is 43.5 Å². The van der Waals surface area contributed by atoms with E-state index in [1.165, 1.54) is 0 Å². The summed E-state index contributed by atoms with van der Waals surface area (Å²) in [6.45, 7) is 5.80. The second-order valence-electron chi connectivity index (χ2n) is 3.51. The fraction of sp³-hybridized carbons (Fsp3) is 0.364. The average molecular weight is 208 g/mol. The number of nitrogens with zero attached hydrogens (tertiary/aromatic N) is 1. The molecule has 1 aromatic carbocycles. The minimum absolute atomic E-state index is 0.126. The molecule has 0 aliphatic carbocycles. The van der Waals surface area contributed by atoms with E-state index in [4.69, 9.17) is 15.7 Å². The number of hydrogen-bond acceptors (Lipinski definition) is 3. The summed E-state index contributed by atoms with van der Waals surface area (Å²) in [6.07, 6.45) is 0. The Balaban J connectivity index is 3.47. The van der Waals surface area contributed by atoms with E-state index >= 15 is 0 Å². The van der Waals surface area contributed by atoms with Crippen LogP contribution in [0.2, 0.25) is 0 Å². The Bertz CT molecular complexity index is 412. The SMILES string of the molecule is COc1c(C)cc(/C(N)=N/O)c(C)c1C. The number of ether oxygens (including phenoxy) is 1. The first-order valence-corrected chi connectivity index (χ1v) is 4.65. The van der Waals surface area contributed by atoms with Crippen molar-refractivity contribution in [3.8, 4) is 5.75 Å². The van der Waals surface area contributed by atoms with E-state index in [1.54, 1.807) is 7.11 Å². The van der Waals surface area contributed by atoms with Crippen LogP contribution < -0.4 is 10.5 Å². The van der Waals surface area contributed by atoms with E-state index < -0.39 is 0 Å². The Labute approximate surface area is 89.4 Å². The Morgan fingerprint density at radius 2 is 1.93 bits per heavy atom. The van der Waals surface area contributed by atoms with E-state index in [0.717, 1.165) is 28.0 Å². The third-order valence-corrected chi connectivity index (χ3v) is 2.61. The molecule has 0 aliphatic rings. The van der Waals surface area contributed by atoms with Gasteiger partial charge in [-0.2, -0.15) is 0 Å². The van der Waals surface area contributed by atoms with Crippen LogP contribution in [0.4, 0.5) is 0 Å². The van der Waals surface area contributed by atoms with Crippen LogP contribution in [0.25, 0.3) is 0 Å². The van der Waals surface area contributed by atoms with Gasteiger partial charge in [0.15, 0.2) is 5.84 Å². The maximum atomic E-state index is 8.65. The van der Waals surface area contributed by atoms with Gasteiger partial charge in [0.05, 0.1) is 7.11 Å². The highest BCUT2D eigenvalue weighted by atomic mass is 16.5. The Hall–Kier alpha value is -1.71. The van der Waals surface area contributed by atoms with Crippen LogP contribution in [-0.4, -0.2) is 18.2 Å². The maximum absolute atomic E-state index is 8.65. The normalized spacial score (nSPS) is 11.6. The number of amidine groups is 1. The molecule has 0 unspecified atom stereocenters. The number of oxime groups is 1. The zero-order chi connectivity index (χ0) is 11.6. The van der Waals surface area contributed by atoms with E-state index in [9.17, 15) is 0 Å². The van der Waals surface area contributed by atoms with Gasteiger partial charge in [0.25, 0.3) is 0 Å². The summed E-state index contributed by atoms with van der Waals surface area (Å²) >= 11 is 0. The molecule has 4 heteroatoms. The van der Waals surface area contributed by atoms with Crippen molar-refractivity contribution in [1.82, 2.24) is 0 Å². The molecule has 0 aliphatic heterocycles. The molecule has 1 aromatic rings. The quantitative estimate of drug-likeness (QED) is 0.336. The summed E-state index contributed by atoms with van der Waals surface area (Å²) in [7, 11) is 1.64. The molecule has 82 valence electrons. The molecular weight excluding hydrogens is 192 g/mol. The van der Waals surface area contributed by atoms with Crippen LogP contribution in [0.15, 0.2) is 11.2 Å². The Morgan fingerprint density at radius 3 is 2.40 bits per heavy atom. The minimum Gasteiger partial charge on any atom is -0.496 e. The summed E-state index contributed by atoms with van der Waals surface area (Å²) in [6, 6.07) is 1.86. The number of hydrogen-bond donors (Lipinski definition) is 2. The topological polar surface area (TPSA) is 67.8 Å². The van der Waals surface area contributed by atoms with Gasteiger partial charge in [0.2, 0.25) is 0 Å². The van der Waals surface area contributed by atoms with Crippen molar-refractivity contribution in [2.45, 2.75) is 20.8 Å². The molecule has 4 nitrogen and oxygen atoms in total. The maximum Gasteiger partial charge on any atom is 0.170 e. The molecule has 15 heavy (non-hydrogen) atoms. The lowest BCUT2D eigenvalue weighted by Crippen LogP contribution is -2.16. The van der Waals surface area contributed by atoms with Crippen LogP contribution in [0.3, 0.4) is 0 Å². The molecule has 0 heterocycles.